The Kier molecular flexibility index (Phi) is 2.99. The van der Waals surface area contributed by atoms with Gasteiger partial charge in [-0.3, -0.25) is 4.79 Å². The van der Waals surface area contributed by atoms with Crippen LogP contribution in [0, 0.1) is 0 Å². The van der Waals surface area contributed by atoms with Crippen molar-refractivity contribution in [3.63, 3.8) is 0 Å². The number of rotatable bonds is 2. The maximum absolute atomic E-state index is 12.1. The summed E-state index contributed by atoms with van der Waals surface area (Å²) < 4.78 is 5.61. The van der Waals surface area contributed by atoms with Crippen LogP contribution in [0.15, 0.2) is 18.5 Å². The van der Waals surface area contributed by atoms with Crippen LogP contribution in [0.2, 0.25) is 0 Å². The van der Waals surface area contributed by atoms with Gasteiger partial charge < -0.3 is 9.64 Å². The Hall–Kier alpha value is -1.14. The van der Waals surface area contributed by atoms with Gasteiger partial charge in [0, 0.05) is 26.0 Å². The van der Waals surface area contributed by atoms with E-state index in [1.54, 1.807) is 19.4 Å². The van der Waals surface area contributed by atoms with Crippen LogP contribution in [0.4, 0.5) is 0 Å². The van der Waals surface area contributed by atoms with Crippen LogP contribution in [0.5, 0.6) is 0 Å². The molecule has 1 atom stereocenters. The first-order valence-corrected chi connectivity index (χ1v) is 6.94. The van der Waals surface area contributed by atoms with E-state index < -0.39 is 0 Å². The van der Waals surface area contributed by atoms with Gasteiger partial charge in [-0.25, -0.2) is 0 Å². The second kappa shape index (κ2) is 4.51. The molecular formula is C12H15N3O2S. The molecule has 1 spiro atoms. The molecule has 1 amide bonds. The molecule has 6 heteroatoms. The SMILES string of the molecule is CO[C@H]1CSC2(C1)CN(C(=O)c1ccnnc1)C2. The predicted octanol–water partition coefficient (Wildman–Crippen LogP) is 0.823. The Labute approximate surface area is 110 Å². The Bertz CT molecular complexity index is 448. The fourth-order valence-corrected chi connectivity index (χ4v) is 4.16. The van der Waals surface area contributed by atoms with E-state index in [9.17, 15) is 4.79 Å². The molecule has 96 valence electrons. The van der Waals surface area contributed by atoms with Crippen molar-refractivity contribution >= 4 is 17.7 Å². The molecule has 3 rings (SSSR count). The number of nitrogens with zero attached hydrogens (tertiary/aromatic N) is 3. The molecule has 2 fully saturated rings. The van der Waals surface area contributed by atoms with Gasteiger partial charge in [-0.15, -0.1) is 11.8 Å². The van der Waals surface area contributed by atoms with Crippen LogP contribution < -0.4 is 0 Å². The second-order valence-corrected chi connectivity index (χ2v) is 6.34. The second-order valence-electron chi connectivity index (χ2n) is 4.85. The average molecular weight is 265 g/mol. The van der Waals surface area contributed by atoms with Crippen LogP contribution in [0.25, 0.3) is 0 Å². The molecule has 0 aromatic carbocycles. The van der Waals surface area contributed by atoms with Crippen LogP contribution >= 0.6 is 11.8 Å². The summed E-state index contributed by atoms with van der Waals surface area (Å²) in [6.07, 6.45) is 4.46. The monoisotopic (exact) mass is 265 g/mol. The number of hydrogen-bond acceptors (Lipinski definition) is 5. The summed E-state index contributed by atoms with van der Waals surface area (Å²) in [5, 5.41) is 7.42. The van der Waals surface area contributed by atoms with Crippen LogP contribution in [0.3, 0.4) is 0 Å². The lowest BCUT2D eigenvalue weighted by atomic mass is 9.92. The van der Waals surface area contributed by atoms with Gasteiger partial charge in [0.2, 0.25) is 0 Å². The number of carbonyl (C=O) groups is 1. The van der Waals surface area contributed by atoms with Crippen LogP contribution in [-0.2, 0) is 4.74 Å². The summed E-state index contributed by atoms with van der Waals surface area (Å²) >= 11 is 1.93. The normalized spacial score (nSPS) is 25.2. The first-order chi connectivity index (χ1) is 8.72. The minimum atomic E-state index is 0.0528. The summed E-state index contributed by atoms with van der Waals surface area (Å²) in [6, 6.07) is 1.71. The summed E-state index contributed by atoms with van der Waals surface area (Å²) in [5.74, 6) is 1.09. The van der Waals surface area contributed by atoms with Gasteiger partial charge in [-0.1, -0.05) is 0 Å². The number of methoxy groups -OCH3 is 1. The van der Waals surface area contributed by atoms with Crippen molar-refractivity contribution in [1.29, 1.82) is 0 Å². The van der Waals surface area contributed by atoms with E-state index in [4.69, 9.17) is 4.74 Å². The van der Waals surface area contributed by atoms with E-state index >= 15 is 0 Å². The molecule has 1 aromatic heterocycles. The number of thioether (sulfide) groups is 1. The number of ether oxygens (including phenoxy) is 1. The molecule has 2 aliphatic heterocycles. The lowest BCUT2D eigenvalue weighted by Gasteiger charge is -2.47. The molecule has 0 N–H and O–H groups in total. The minimum Gasteiger partial charge on any atom is -0.381 e. The van der Waals surface area contributed by atoms with Crippen molar-refractivity contribution in [3.8, 4) is 0 Å². The van der Waals surface area contributed by atoms with Crippen molar-refractivity contribution < 1.29 is 9.53 Å². The number of amides is 1. The highest BCUT2D eigenvalue weighted by molar-refractivity contribution is 8.01. The fraction of sp³-hybridized carbons (Fsp3) is 0.583. The van der Waals surface area contributed by atoms with E-state index in [2.05, 4.69) is 10.2 Å². The zero-order valence-electron chi connectivity index (χ0n) is 10.2. The third-order valence-corrected chi connectivity index (χ3v) is 5.16. The number of carbonyl (C=O) groups excluding carboxylic acids is 1. The standard InChI is InChI=1S/C12H15N3O2S/c1-17-10-4-12(18-6-10)7-15(8-12)11(16)9-2-3-13-14-5-9/h2-3,5,10H,4,6-8H2,1H3/t10-/m1/s1. The van der Waals surface area contributed by atoms with Gasteiger partial charge in [-0.05, 0) is 12.5 Å². The predicted molar refractivity (Wildman–Crippen MR) is 68.5 cm³/mol. The van der Waals surface area contributed by atoms with E-state index in [0.29, 0.717) is 11.7 Å². The molecule has 1 aromatic rings. The van der Waals surface area contributed by atoms with E-state index in [1.807, 2.05) is 16.7 Å². The van der Waals surface area contributed by atoms with E-state index in [0.717, 1.165) is 25.3 Å². The van der Waals surface area contributed by atoms with Crippen molar-refractivity contribution in [2.24, 2.45) is 0 Å². The van der Waals surface area contributed by atoms with Gasteiger partial charge in [0.05, 0.1) is 28.8 Å². The van der Waals surface area contributed by atoms with Crippen LogP contribution in [0.1, 0.15) is 16.8 Å². The maximum atomic E-state index is 12.1. The van der Waals surface area contributed by atoms with Gasteiger partial charge in [-0.2, -0.15) is 10.2 Å². The summed E-state index contributed by atoms with van der Waals surface area (Å²) in [4.78, 5) is 14.0. The van der Waals surface area contributed by atoms with Gasteiger partial charge in [0.25, 0.3) is 5.91 Å². The summed E-state index contributed by atoms with van der Waals surface area (Å²) in [5.41, 5.74) is 0.617. The lowest BCUT2D eigenvalue weighted by Crippen LogP contribution is -2.60. The van der Waals surface area contributed by atoms with Crippen molar-refractivity contribution in [2.75, 3.05) is 26.0 Å². The molecule has 0 unspecified atom stereocenters. The molecule has 2 aliphatic rings. The first kappa shape index (κ1) is 11.9. The molecule has 0 saturated carbocycles. The Balaban J connectivity index is 1.61. The summed E-state index contributed by atoms with van der Waals surface area (Å²) in [6.45, 7) is 1.64. The smallest absolute Gasteiger partial charge is 0.255 e. The highest BCUT2D eigenvalue weighted by atomic mass is 32.2. The van der Waals surface area contributed by atoms with Gasteiger partial charge >= 0.3 is 0 Å². The van der Waals surface area contributed by atoms with Crippen molar-refractivity contribution in [1.82, 2.24) is 15.1 Å². The third kappa shape index (κ3) is 1.99. The molecule has 18 heavy (non-hydrogen) atoms. The first-order valence-electron chi connectivity index (χ1n) is 5.95. The quantitative estimate of drug-likeness (QED) is 0.792. The van der Waals surface area contributed by atoms with Gasteiger partial charge in [0.15, 0.2) is 0 Å². The third-order valence-electron chi connectivity index (χ3n) is 3.58. The number of aromatic nitrogens is 2. The molecule has 0 aliphatic carbocycles. The van der Waals surface area contributed by atoms with E-state index in [1.165, 1.54) is 6.20 Å². The highest BCUT2D eigenvalue weighted by Crippen LogP contribution is 2.46. The minimum absolute atomic E-state index is 0.0528. The largest absolute Gasteiger partial charge is 0.381 e. The maximum Gasteiger partial charge on any atom is 0.255 e. The van der Waals surface area contributed by atoms with Crippen LogP contribution in [-0.4, -0.2) is 57.8 Å². The molecule has 0 radical (unpaired) electrons. The molecule has 2 saturated heterocycles. The van der Waals surface area contributed by atoms with E-state index in [-0.39, 0.29) is 10.7 Å². The molecular weight excluding hydrogens is 250 g/mol. The van der Waals surface area contributed by atoms with Crippen molar-refractivity contribution in [3.05, 3.63) is 24.0 Å². The number of hydrogen-bond donors (Lipinski definition) is 0. The Morgan fingerprint density at radius 2 is 2.39 bits per heavy atom. The summed E-state index contributed by atoms with van der Waals surface area (Å²) in [7, 11) is 1.76. The fourth-order valence-electron chi connectivity index (χ4n) is 2.57. The molecule has 0 bridgehead atoms. The Morgan fingerprint density at radius 3 is 3.00 bits per heavy atom. The van der Waals surface area contributed by atoms with Crippen molar-refractivity contribution in [2.45, 2.75) is 17.3 Å². The van der Waals surface area contributed by atoms with Gasteiger partial charge in [0.1, 0.15) is 0 Å². The topological polar surface area (TPSA) is 55.3 Å². The molecule has 5 nitrogen and oxygen atoms in total. The lowest BCUT2D eigenvalue weighted by molar-refractivity contribution is 0.0451. The highest BCUT2D eigenvalue weighted by Gasteiger charge is 2.50. The molecule has 3 heterocycles. The number of likely N-dealkylation sites (tertiary alicyclic amines) is 1. The zero-order valence-corrected chi connectivity index (χ0v) is 11.0. The average Bonchev–Trinajstić information content (AvgIpc) is 2.82. The Morgan fingerprint density at radius 1 is 1.56 bits per heavy atom. The zero-order chi connectivity index (χ0) is 12.6.